The summed E-state index contributed by atoms with van der Waals surface area (Å²) in [7, 11) is 0. The van der Waals surface area contributed by atoms with Crippen LogP contribution < -0.4 is 5.32 Å². The van der Waals surface area contributed by atoms with E-state index in [0.29, 0.717) is 6.54 Å². The van der Waals surface area contributed by atoms with Gasteiger partial charge in [-0.1, -0.05) is 31.8 Å². The van der Waals surface area contributed by atoms with Crippen LogP contribution in [0.5, 0.6) is 0 Å². The van der Waals surface area contributed by atoms with Crippen molar-refractivity contribution in [2.24, 2.45) is 11.8 Å². The third-order valence-corrected chi connectivity index (χ3v) is 3.55. The molecule has 0 bridgehead atoms. The maximum Gasteiger partial charge on any atom is 0.328 e. The van der Waals surface area contributed by atoms with Gasteiger partial charge in [0.05, 0.1) is 0 Å². The number of nitrogens with one attached hydrogen (secondary N) is 1. The Hall–Kier alpha value is -0.830. The van der Waals surface area contributed by atoms with Crippen molar-refractivity contribution in [1.82, 2.24) is 5.32 Å². The van der Waals surface area contributed by atoms with Crippen LogP contribution in [0, 0.1) is 11.8 Å². The highest BCUT2D eigenvalue weighted by atomic mass is 16.4. The highest BCUT2D eigenvalue weighted by Gasteiger charge is 2.17. The van der Waals surface area contributed by atoms with Gasteiger partial charge in [0.15, 0.2) is 0 Å². The van der Waals surface area contributed by atoms with E-state index in [9.17, 15) is 4.79 Å². The minimum atomic E-state index is -0.856. The second kappa shape index (κ2) is 7.49. The number of rotatable bonds is 6. The standard InChI is InChI=1S/C14H25NO2/c1-11-4-3-5-13(8-11)6-7-15-10-12(2)9-14(16)17/h9,11,13,15H,3-8,10H2,1-2H3,(H,16,17). The van der Waals surface area contributed by atoms with Crippen LogP contribution in [0.2, 0.25) is 0 Å². The van der Waals surface area contributed by atoms with Crippen LogP contribution in [0.25, 0.3) is 0 Å². The summed E-state index contributed by atoms with van der Waals surface area (Å²) in [4.78, 5) is 10.4. The van der Waals surface area contributed by atoms with Crippen LogP contribution >= 0.6 is 0 Å². The first kappa shape index (κ1) is 14.2. The molecular weight excluding hydrogens is 214 g/mol. The van der Waals surface area contributed by atoms with Crippen molar-refractivity contribution >= 4 is 5.97 Å². The molecule has 0 amide bonds. The Bertz CT molecular complexity index is 273. The van der Waals surface area contributed by atoms with E-state index >= 15 is 0 Å². The zero-order valence-corrected chi connectivity index (χ0v) is 11.0. The highest BCUT2D eigenvalue weighted by Crippen LogP contribution is 2.30. The van der Waals surface area contributed by atoms with Crippen LogP contribution in [-0.2, 0) is 4.79 Å². The maximum atomic E-state index is 10.4. The van der Waals surface area contributed by atoms with Gasteiger partial charge in [-0.2, -0.15) is 0 Å². The van der Waals surface area contributed by atoms with Gasteiger partial charge in [-0.25, -0.2) is 4.79 Å². The number of hydrogen-bond acceptors (Lipinski definition) is 2. The molecule has 0 aliphatic heterocycles. The van der Waals surface area contributed by atoms with E-state index in [1.807, 2.05) is 6.92 Å². The Labute approximate surface area is 104 Å². The lowest BCUT2D eigenvalue weighted by Crippen LogP contribution is -2.22. The van der Waals surface area contributed by atoms with Crippen molar-refractivity contribution in [3.05, 3.63) is 11.6 Å². The molecule has 3 nitrogen and oxygen atoms in total. The van der Waals surface area contributed by atoms with Gasteiger partial charge in [-0.05, 0) is 38.1 Å². The molecule has 0 heterocycles. The fourth-order valence-electron chi connectivity index (χ4n) is 2.68. The van der Waals surface area contributed by atoms with Crippen molar-refractivity contribution in [3.63, 3.8) is 0 Å². The summed E-state index contributed by atoms with van der Waals surface area (Å²) in [5.41, 5.74) is 0.884. The predicted molar refractivity (Wildman–Crippen MR) is 70.0 cm³/mol. The Kier molecular flexibility index (Phi) is 6.27. The van der Waals surface area contributed by atoms with Crippen molar-refractivity contribution in [2.75, 3.05) is 13.1 Å². The zero-order valence-electron chi connectivity index (χ0n) is 11.0. The molecule has 17 heavy (non-hydrogen) atoms. The topological polar surface area (TPSA) is 49.3 Å². The molecular formula is C14H25NO2. The average Bonchev–Trinajstić information content (AvgIpc) is 2.23. The Morgan fingerprint density at radius 1 is 1.47 bits per heavy atom. The van der Waals surface area contributed by atoms with Crippen molar-refractivity contribution in [3.8, 4) is 0 Å². The van der Waals surface area contributed by atoms with Gasteiger partial charge in [0, 0.05) is 12.6 Å². The quantitative estimate of drug-likeness (QED) is 0.553. The van der Waals surface area contributed by atoms with Crippen molar-refractivity contribution < 1.29 is 9.90 Å². The molecule has 1 aliphatic rings. The molecule has 1 rings (SSSR count). The van der Waals surface area contributed by atoms with E-state index in [1.54, 1.807) is 0 Å². The number of carboxylic acid groups (broad SMARTS) is 1. The molecule has 2 N–H and O–H groups in total. The lowest BCUT2D eigenvalue weighted by molar-refractivity contribution is -0.131. The number of hydrogen-bond donors (Lipinski definition) is 2. The molecule has 0 saturated heterocycles. The molecule has 0 spiro atoms. The Balaban J connectivity index is 2.09. The van der Waals surface area contributed by atoms with Crippen LogP contribution in [0.1, 0.15) is 46.0 Å². The molecule has 0 radical (unpaired) electrons. The molecule has 2 unspecified atom stereocenters. The normalized spacial score (nSPS) is 25.9. The highest BCUT2D eigenvalue weighted by molar-refractivity contribution is 5.80. The summed E-state index contributed by atoms with van der Waals surface area (Å²) in [6.07, 6.45) is 8.01. The minimum Gasteiger partial charge on any atom is -0.478 e. The first-order chi connectivity index (χ1) is 8.08. The van der Waals surface area contributed by atoms with Gasteiger partial charge in [-0.3, -0.25) is 0 Å². The molecule has 2 atom stereocenters. The van der Waals surface area contributed by atoms with Gasteiger partial charge in [0.25, 0.3) is 0 Å². The van der Waals surface area contributed by atoms with E-state index in [2.05, 4.69) is 12.2 Å². The molecule has 0 aromatic carbocycles. The summed E-state index contributed by atoms with van der Waals surface area (Å²) in [5.74, 6) is 0.905. The Morgan fingerprint density at radius 2 is 2.24 bits per heavy atom. The van der Waals surface area contributed by atoms with E-state index < -0.39 is 5.97 Å². The summed E-state index contributed by atoms with van der Waals surface area (Å²) in [6.45, 7) is 5.89. The van der Waals surface area contributed by atoms with Crippen LogP contribution in [0.3, 0.4) is 0 Å². The first-order valence-corrected chi connectivity index (χ1v) is 6.68. The molecule has 1 saturated carbocycles. The largest absolute Gasteiger partial charge is 0.478 e. The summed E-state index contributed by atoms with van der Waals surface area (Å²) >= 11 is 0. The van der Waals surface area contributed by atoms with Crippen molar-refractivity contribution in [2.45, 2.75) is 46.0 Å². The lowest BCUT2D eigenvalue weighted by Gasteiger charge is -2.26. The SMILES string of the molecule is CC(=CC(=O)O)CNCCC1CCCC(C)C1. The lowest BCUT2D eigenvalue weighted by atomic mass is 9.81. The third kappa shape index (κ3) is 6.47. The predicted octanol–water partition coefficient (Wildman–Crippen LogP) is 2.82. The maximum absolute atomic E-state index is 10.4. The molecule has 1 fully saturated rings. The second-order valence-corrected chi connectivity index (χ2v) is 5.43. The summed E-state index contributed by atoms with van der Waals surface area (Å²) in [6, 6.07) is 0. The molecule has 0 aromatic heterocycles. The van der Waals surface area contributed by atoms with Gasteiger partial charge >= 0.3 is 5.97 Å². The van der Waals surface area contributed by atoms with E-state index in [1.165, 1.54) is 38.2 Å². The fourth-order valence-corrected chi connectivity index (χ4v) is 2.68. The van der Waals surface area contributed by atoms with E-state index in [0.717, 1.165) is 24.0 Å². The average molecular weight is 239 g/mol. The minimum absolute atomic E-state index is 0.689. The van der Waals surface area contributed by atoms with Crippen LogP contribution in [0.4, 0.5) is 0 Å². The fraction of sp³-hybridized carbons (Fsp3) is 0.786. The van der Waals surface area contributed by atoms with Gasteiger partial charge in [0.1, 0.15) is 0 Å². The summed E-state index contributed by atoms with van der Waals surface area (Å²) < 4.78 is 0. The number of carbonyl (C=O) groups is 1. The monoisotopic (exact) mass is 239 g/mol. The van der Waals surface area contributed by atoms with Crippen LogP contribution in [0.15, 0.2) is 11.6 Å². The van der Waals surface area contributed by atoms with E-state index in [4.69, 9.17) is 5.11 Å². The number of carboxylic acids is 1. The molecule has 3 heteroatoms. The van der Waals surface area contributed by atoms with Crippen molar-refractivity contribution in [1.29, 1.82) is 0 Å². The molecule has 1 aliphatic carbocycles. The van der Waals surface area contributed by atoms with Gasteiger partial charge in [-0.15, -0.1) is 0 Å². The number of aliphatic carboxylic acids is 1. The smallest absolute Gasteiger partial charge is 0.328 e. The second-order valence-electron chi connectivity index (χ2n) is 5.43. The molecule has 0 aromatic rings. The summed E-state index contributed by atoms with van der Waals surface area (Å²) in [5, 5.41) is 11.9. The first-order valence-electron chi connectivity index (χ1n) is 6.68. The van der Waals surface area contributed by atoms with E-state index in [-0.39, 0.29) is 0 Å². The third-order valence-electron chi connectivity index (χ3n) is 3.55. The molecule has 98 valence electrons. The van der Waals surface area contributed by atoms with Gasteiger partial charge < -0.3 is 10.4 Å². The van der Waals surface area contributed by atoms with Crippen LogP contribution in [-0.4, -0.2) is 24.2 Å². The Morgan fingerprint density at radius 3 is 2.88 bits per heavy atom. The van der Waals surface area contributed by atoms with Gasteiger partial charge in [0.2, 0.25) is 0 Å². The zero-order chi connectivity index (χ0) is 12.7.